The summed E-state index contributed by atoms with van der Waals surface area (Å²) in [4.78, 5) is 17.8. The summed E-state index contributed by atoms with van der Waals surface area (Å²) in [5.41, 5.74) is 4.00. The van der Waals surface area contributed by atoms with Gasteiger partial charge in [0.2, 0.25) is 6.79 Å². The van der Waals surface area contributed by atoms with Gasteiger partial charge in [-0.25, -0.2) is 4.79 Å². The Balaban J connectivity index is 1.20. The summed E-state index contributed by atoms with van der Waals surface area (Å²) < 4.78 is 22.0. The minimum absolute atomic E-state index is 0.139. The van der Waals surface area contributed by atoms with E-state index in [1.165, 1.54) is 5.56 Å². The highest BCUT2D eigenvalue weighted by molar-refractivity contribution is 5.89. The van der Waals surface area contributed by atoms with Crippen molar-refractivity contribution in [2.75, 3.05) is 40.1 Å². The SMILES string of the molecule is COc1ccc(-c2c(C)c3ccc(O)c(CN4CCN(Cc5ccc6c(c5)OCO6)CC4)c3oc2=O)cc1. The van der Waals surface area contributed by atoms with Crippen LogP contribution in [-0.4, -0.2) is 55.0 Å². The molecule has 8 heteroatoms. The first-order chi connectivity index (χ1) is 18.5. The number of aryl methyl sites for hydroxylation is 1. The molecule has 1 N–H and O–H groups in total. The molecule has 3 heterocycles. The van der Waals surface area contributed by atoms with Gasteiger partial charge in [-0.05, 0) is 60.0 Å². The van der Waals surface area contributed by atoms with Crippen molar-refractivity contribution < 1.29 is 23.7 Å². The minimum Gasteiger partial charge on any atom is -0.507 e. The van der Waals surface area contributed by atoms with Crippen LogP contribution in [0.25, 0.3) is 22.1 Å². The monoisotopic (exact) mass is 514 g/mol. The standard InChI is InChI=1S/C30H30N2O6/c1-19-23-8-9-25(33)24(29(23)38-30(34)28(19)21-4-6-22(35-2)7-5-21)17-32-13-11-31(12-14-32)16-20-3-10-26-27(15-20)37-18-36-26/h3-10,15,33H,11-14,16-18H2,1-2H3. The maximum Gasteiger partial charge on any atom is 0.344 e. The van der Waals surface area contributed by atoms with Crippen LogP contribution in [0.5, 0.6) is 23.0 Å². The number of fused-ring (bicyclic) bond motifs is 2. The number of piperazine rings is 1. The first kappa shape index (κ1) is 24.3. The Morgan fingerprint density at radius 1 is 0.895 bits per heavy atom. The lowest BCUT2D eigenvalue weighted by atomic mass is 9.97. The normalized spacial score (nSPS) is 15.7. The predicted octanol–water partition coefficient (Wildman–Crippen LogP) is 4.53. The van der Waals surface area contributed by atoms with Gasteiger partial charge in [-0.1, -0.05) is 18.2 Å². The summed E-state index contributed by atoms with van der Waals surface area (Å²) in [6.07, 6.45) is 0. The highest BCUT2D eigenvalue weighted by Crippen LogP contribution is 2.35. The molecule has 8 nitrogen and oxygen atoms in total. The van der Waals surface area contributed by atoms with E-state index in [0.29, 0.717) is 23.3 Å². The lowest BCUT2D eigenvalue weighted by Crippen LogP contribution is -2.45. The van der Waals surface area contributed by atoms with Crippen LogP contribution in [0.1, 0.15) is 16.7 Å². The topological polar surface area (TPSA) is 84.6 Å². The van der Waals surface area contributed by atoms with E-state index in [4.69, 9.17) is 18.6 Å². The third kappa shape index (κ3) is 4.57. The second kappa shape index (κ2) is 10.0. The maximum atomic E-state index is 13.1. The summed E-state index contributed by atoms with van der Waals surface area (Å²) >= 11 is 0. The maximum absolute atomic E-state index is 13.1. The number of nitrogens with zero attached hydrogens (tertiary/aromatic N) is 2. The first-order valence-electron chi connectivity index (χ1n) is 12.8. The molecule has 0 spiro atoms. The largest absolute Gasteiger partial charge is 0.507 e. The molecule has 38 heavy (non-hydrogen) atoms. The molecule has 3 aromatic carbocycles. The number of phenols is 1. The molecule has 0 atom stereocenters. The first-order valence-corrected chi connectivity index (χ1v) is 12.8. The van der Waals surface area contributed by atoms with E-state index in [1.54, 1.807) is 13.2 Å². The Labute approximate surface area is 220 Å². The second-order valence-electron chi connectivity index (χ2n) is 9.80. The molecule has 0 radical (unpaired) electrons. The summed E-state index contributed by atoms with van der Waals surface area (Å²) in [7, 11) is 1.61. The van der Waals surface area contributed by atoms with E-state index in [-0.39, 0.29) is 12.5 Å². The van der Waals surface area contributed by atoms with E-state index in [2.05, 4.69) is 15.9 Å². The van der Waals surface area contributed by atoms with Gasteiger partial charge in [-0.2, -0.15) is 0 Å². The van der Waals surface area contributed by atoms with Gasteiger partial charge >= 0.3 is 5.63 Å². The van der Waals surface area contributed by atoms with Crippen molar-refractivity contribution in [3.8, 4) is 34.1 Å². The molecule has 2 aliphatic rings. The Hall–Kier alpha value is -4.01. The van der Waals surface area contributed by atoms with Crippen molar-refractivity contribution in [3.05, 3.63) is 81.7 Å². The number of phenolic OH excluding ortho intramolecular Hbond substituents is 1. The van der Waals surface area contributed by atoms with Crippen molar-refractivity contribution in [3.63, 3.8) is 0 Å². The number of benzene rings is 3. The van der Waals surface area contributed by atoms with Crippen molar-refractivity contribution in [2.24, 2.45) is 0 Å². The number of aromatic hydroxyl groups is 1. The predicted molar refractivity (Wildman–Crippen MR) is 144 cm³/mol. The summed E-state index contributed by atoms with van der Waals surface area (Å²) in [5.74, 6) is 2.46. The summed E-state index contributed by atoms with van der Waals surface area (Å²) in [6, 6.07) is 17.0. The van der Waals surface area contributed by atoms with E-state index in [0.717, 1.165) is 66.5 Å². The van der Waals surface area contributed by atoms with E-state index in [9.17, 15) is 9.90 Å². The zero-order chi connectivity index (χ0) is 26.2. The van der Waals surface area contributed by atoms with Gasteiger partial charge in [0.25, 0.3) is 0 Å². The molecule has 196 valence electrons. The van der Waals surface area contributed by atoms with Crippen LogP contribution in [0.3, 0.4) is 0 Å². The van der Waals surface area contributed by atoms with Crippen LogP contribution in [0, 0.1) is 6.92 Å². The van der Waals surface area contributed by atoms with Crippen LogP contribution < -0.4 is 19.8 Å². The van der Waals surface area contributed by atoms with Gasteiger partial charge in [0.15, 0.2) is 11.5 Å². The molecule has 2 aliphatic heterocycles. The van der Waals surface area contributed by atoms with Crippen molar-refractivity contribution in [1.82, 2.24) is 9.80 Å². The quantitative estimate of drug-likeness (QED) is 0.376. The highest BCUT2D eigenvalue weighted by Gasteiger charge is 2.23. The summed E-state index contributed by atoms with van der Waals surface area (Å²) in [5, 5.41) is 11.6. The molecule has 1 aromatic heterocycles. The third-order valence-electron chi connectivity index (χ3n) is 7.48. The molecule has 0 bridgehead atoms. The number of rotatable bonds is 6. The van der Waals surface area contributed by atoms with E-state index in [1.807, 2.05) is 49.4 Å². The van der Waals surface area contributed by atoms with Gasteiger partial charge < -0.3 is 23.7 Å². The summed E-state index contributed by atoms with van der Waals surface area (Å²) in [6.45, 7) is 7.02. The van der Waals surface area contributed by atoms with Gasteiger partial charge in [0, 0.05) is 44.7 Å². The molecule has 0 amide bonds. The molecule has 4 aromatic rings. The van der Waals surface area contributed by atoms with E-state index >= 15 is 0 Å². The Morgan fingerprint density at radius 3 is 2.34 bits per heavy atom. The number of methoxy groups -OCH3 is 1. The fourth-order valence-electron chi connectivity index (χ4n) is 5.33. The van der Waals surface area contributed by atoms with Crippen molar-refractivity contribution >= 4 is 11.0 Å². The Morgan fingerprint density at radius 2 is 1.61 bits per heavy atom. The molecule has 0 saturated carbocycles. The lowest BCUT2D eigenvalue weighted by Gasteiger charge is -2.35. The van der Waals surface area contributed by atoms with Crippen LogP contribution >= 0.6 is 0 Å². The van der Waals surface area contributed by atoms with Crippen molar-refractivity contribution in [2.45, 2.75) is 20.0 Å². The fraction of sp³-hybridized carbons (Fsp3) is 0.300. The third-order valence-corrected chi connectivity index (χ3v) is 7.48. The average molecular weight is 515 g/mol. The molecule has 0 unspecified atom stereocenters. The van der Waals surface area contributed by atoms with Gasteiger partial charge in [0.1, 0.15) is 17.1 Å². The molecule has 1 fully saturated rings. The average Bonchev–Trinajstić information content (AvgIpc) is 3.40. The van der Waals surface area contributed by atoms with Crippen LogP contribution in [0.2, 0.25) is 0 Å². The lowest BCUT2D eigenvalue weighted by molar-refractivity contribution is 0.121. The Kier molecular flexibility index (Phi) is 6.43. The van der Waals surface area contributed by atoms with Crippen LogP contribution in [0.4, 0.5) is 0 Å². The van der Waals surface area contributed by atoms with Gasteiger partial charge in [-0.15, -0.1) is 0 Å². The van der Waals surface area contributed by atoms with E-state index < -0.39 is 5.63 Å². The highest BCUT2D eigenvalue weighted by atomic mass is 16.7. The fourth-order valence-corrected chi connectivity index (χ4v) is 5.33. The molecular weight excluding hydrogens is 484 g/mol. The number of ether oxygens (including phenoxy) is 3. The zero-order valence-corrected chi connectivity index (χ0v) is 21.5. The minimum atomic E-state index is -0.416. The molecule has 1 saturated heterocycles. The molecule has 0 aliphatic carbocycles. The zero-order valence-electron chi connectivity index (χ0n) is 21.5. The van der Waals surface area contributed by atoms with Crippen LogP contribution in [-0.2, 0) is 13.1 Å². The van der Waals surface area contributed by atoms with Crippen molar-refractivity contribution in [1.29, 1.82) is 0 Å². The van der Waals surface area contributed by atoms with Gasteiger partial charge in [-0.3, -0.25) is 9.80 Å². The van der Waals surface area contributed by atoms with Crippen LogP contribution in [0.15, 0.2) is 63.8 Å². The smallest absolute Gasteiger partial charge is 0.344 e. The van der Waals surface area contributed by atoms with Gasteiger partial charge in [0.05, 0.1) is 18.2 Å². The molecular formula is C30H30N2O6. The second-order valence-corrected chi connectivity index (χ2v) is 9.80. The Bertz CT molecular complexity index is 1540. The molecule has 6 rings (SSSR count). The number of hydrogen-bond donors (Lipinski definition) is 1. The number of hydrogen-bond acceptors (Lipinski definition) is 8.